The van der Waals surface area contributed by atoms with Crippen molar-refractivity contribution in [2.45, 2.75) is 4.90 Å². The van der Waals surface area contributed by atoms with Crippen molar-refractivity contribution in [1.29, 1.82) is 0 Å². The second-order valence-electron chi connectivity index (χ2n) is 2.02. The molecule has 0 bridgehead atoms. The highest BCUT2D eigenvalue weighted by atomic mass is 32.2. The first-order chi connectivity index (χ1) is 5.36. The fourth-order valence-electron chi connectivity index (χ4n) is 0.757. The Morgan fingerprint density at radius 2 is 2.00 bits per heavy atom. The molecule has 0 aliphatic heterocycles. The van der Waals surface area contributed by atoms with Gasteiger partial charge in [0.1, 0.15) is 0 Å². The summed E-state index contributed by atoms with van der Waals surface area (Å²) in [6, 6.07) is 7.79. The van der Waals surface area contributed by atoms with Crippen LogP contribution < -0.4 is 0 Å². The molecule has 1 aromatic carbocycles. The van der Waals surface area contributed by atoms with Crippen molar-refractivity contribution in [2.24, 2.45) is 5.16 Å². The molecule has 0 unspecified atom stereocenters. The van der Waals surface area contributed by atoms with Crippen LogP contribution in [0.4, 0.5) is 0 Å². The lowest BCUT2D eigenvalue weighted by Crippen LogP contribution is -1.79. The smallest absolute Gasteiger partial charge is 0.0733 e. The topological polar surface area (TPSA) is 32.6 Å². The second kappa shape index (κ2) is 4.03. The van der Waals surface area contributed by atoms with Crippen LogP contribution in [0.5, 0.6) is 0 Å². The van der Waals surface area contributed by atoms with E-state index in [1.807, 2.05) is 30.5 Å². The minimum Gasteiger partial charge on any atom is -0.411 e. The first-order valence-electron chi connectivity index (χ1n) is 3.18. The van der Waals surface area contributed by atoms with Gasteiger partial charge in [-0.2, -0.15) is 0 Å². The van der Waals surface area contributed by atoms with Gasteiger partial charge >= 0.3 is 0 Å². The molecule has 0 atom stereocenters. The lowest BCUT2D eigenvalue weighted by atomic mass is 10.2. The average Bonchev–Trinajstić information content (AvgIpc) is 2.07. The minimum atomic E-state index is 0.908. The summed E-state index contributed by atoms with van der Waals surface area (Å²) >= 11 is 1.69. The molecule has 0 aliphatic rings. The highest BCUT2D eigenvalue weighted by Crippen LogP contribution is 2.13. The fraction of sp³-hybridized carbons (Fsp3) is 0.125. The fourth-order valence-corrected chi connectivity index (χ4v) is 1.16. The van der Waals surface area contributed by atoms with Crippen molar-refractivity contribution >= 4 is 18.0 Å². The Morgan fingerprint density at radius 1 is 1.36 bits per heavy atom. The molecule has 11 heavy (non-hydrogen) atoms. The highest BCUT2D eigenvalue weighted by molar-refractivity contribution is 7.98. The van der Waals surface area contributed by atoms with Crippen LogP contribution in [-0.2, 0) is 0 Å². The van der Waals surface area contributed by atoms with E-state index in [9.17, 15) is 0 Å². The Labute approximate surface area is 69.9 Å². The standard InChI is InChI=1S/C8H9NOS/c1-11-8-4-2-7(3-5-8)6-9-10/h2-6,10H,1H3/b9-6+. The third-order valence-corrected chi connectivity index (χ3v) is 2.07. The molecule has 0 fully saturated rings. The first-order valence-corrected chi connectivity index (χ1v) is 4.41. The maximum Gasteiger partial charge on any atom is 0.0733 e. The SMILES string of the molecule is CSc1ccc(/C=N/O)cc1. The molecule has 1 rings (SSSR count). The normalized spacial score (nSPS) is 10.6. The van der Waals surface area contributed by atoms with Crippen LogP contribution in [0.2, 0.25) is 0 Å². The van der Waals surface area contributed by atoms with Gasteiger partial charge in [-0.1, -0.05) is 17.3 Å². The number of hydrogen-bond donors (Lipinski definition) is 1. The molecular weight excluding hydrogens is 158 g/mol. The van der Waals surface area contributed by atoms with Gasteiger partial charge in [-0.25, -0.2) is 0 Å². The molecule has 3 heteroatoms. The van der Waals surface area contributed by atoms with Crippen molar-refractivity contribution in [2.75, 3.05) is 6.26 Å². The van der Waals surface area contributed by atoms with Crippen molar-refractivity contribution in [1.82, 2.24) is 0 Å². The van der Waals surface area contributed by atoms with Crippen LogP contribution >= 0.6 is 11.8 Å². The Balaban J connectivity index is 2.82. The van der Waals surface area contributed by atoms with Gasteiger partial charge in [0, 0.05) is 4.90 Å². The van der Waals surface area contributed by atoms with Gasteiger partial charge in [0.05, 0.1) is 6.21 Å². The predicted molar refractivity (Wildman–Crippen MR) is 47.6 cm³/mol. The zero-order valence-electron chi connectivity index (χ0n) is 6.19. The number of benzene rings is 1. The summed E-state index contributed by atoms with van der Waals surface area (Å²) in [7, 11) is 0. The third kappa shape index (κ3) is 2.27. The molecule has 0 aromatic heterocycles. The molecule has 0 amide bonds. The molecule has 2 nitrogen and oxygen atoms in total. The zero-order chi connectivity index (χ0) is 8.10. The maximum atomic E-state index is 8.21. The summed E-state index contributed by atoms with van der Waals surface area (Å²) in [6.45, 7) is 0. The maximum absolute atomic E-state index is 8.21. The van der Waals surface area contributed by atoms with E-state index < -0.39 is 0 Å². The number of nitrogens with zero attached hydrogens (tertiary/aromatic N) is 1. The zero-order valence-corrected chi connectivity index (χ0v) is 7.01. The van der Waals surface area contributed by atoms with Crippen LogP contribution in [0.3, 0.4) is 0 Å². The Morgan fingerprint density at radius 3 is 2.45 bits per heavy atom. The second-order valence-corrected chi connectivity index (χ2v) is 2.90. The number of thioether (sulfide) groups is 1. The van der Waals surface area contributed by atoms with Crippen molar-refractivity contribution in [3.05, 3.63) is 29.8 Å². The van der Waals surface area contributed by atoms with Crippen LogP contribution in [-0.4, -0.2) is 17.7 Å². The van der Waals surface area contributed by atoms with E-state index >= 15 is 0 Å². The van der Waals surface area contributed by atoms with E-state index in [1.165, 1.54) is 11.1 Å². The van der Waals surface area contributed by atoms with Gasteiger partial charge in [0.25, 0.3) is 0 Å². The van der Waals surface area contributed by atoms with Crippen molar-refractivity contribution in [3.8, 4) is 0 Å². The van der Waals surface area contributed by atoms with E-state index in [2.05, 4.69) is 5.16 Å². The van der Waals surface area contributed by atoms with Gasteiger partial charge in [-0.15, -0.1) is 11.8 Å². The Bertz CT molecular complexity index is 243. The first kappa shape index (κ1) is 8.14. The molecule has 1 N–H and O–H groups in total. The summed E-state index contributed by atoms with van der Waals surface area (Å²) in [6.07, 6.45) is 3.43. The quantitative estimate of drug-likeness (QED) is 0.317. The van der Waals surface area contributed by atoms with Crippen molar-refractivity contribution < 1.29 is 5.21 Å². The van der Waals surface area contributed by atoms with Gasteiger partial charge < -0.3 is 5.21 Å². The van der Waals surface area contributed by atoms with E-state index in [0.717, 1.165) is 5.56 Å². The predicted octanol–water partition coefficient (Wildman–Crippen LogP) is 2.22. The molecular formula is C8H9NOS. The minimum absolute atomic E-state index is 0.908. The summed E-state index contributed by atoms with van der Waals surface area (Å²) in [5.41, 5.74) is 0.908. The molecule has 0 aliphatic carbocycles. The van der Waals surface area contributed by atoms with Crippen LogP contribution in [0.25, 0.3) is 0 Å². The monoisotopic (exact) mass is 167 g/mol. The summed E-state index contributed by atoms with van der Waals surface area (Å²) in [5, 5.41) is 11.1. The Hall–Kier alpha value is -0.960. The molecule has 0 radical (unpaired) electrons. The van der Waals surface area contributed by atoms with Crippen LogP contribution in [0, 0.1) is 0 Å². The Kier molecular flexibility index (Phi) is 2.98. The largest absolute Gasteiger partial charge is 0.411 e. The number of hydrogen-bond acceptors (Lipinski definition) is 3. The lowest BCUT2D eigenvalue weighted by molar-refractivity contribution is 0.322. The van der Waals surface area contributed by atoms with Gasteiger partial charge in [-0.05, 0) is 24.0 Å². The third-order valence-electron chi connectivity index (χ3n) is 1.32. The van der Waals surface area contributed by atoms with E-state index in [-0.39, 0.29) is 0 Å². The van der Waals surface area contributed by atoms with Gasteiger partial charge in [0.2, 0.25) is 0 Å². The van der Waals surface area contributed by atoms with E-state index in [4.69, 9.17) is 5.21 Å². The number of rotatable bonds is 2. The highest BCUT2D eigenvalue weighted by Gasteiger charge is 1.88. The van der Waals surface area contributed by atoms with Crippen LogP contribution in [0.15, 0.2) is 34.3 Å². The summed E-state index contributed by atoms with van der Waals surface area (Å²) < 4.78 is 0. The molecule has 58 valence electrons. The summed E-state index contributed by atoms with van der Waals surface area (Å²) in [5.74, 6) is 0. The number of oxime groups is 1. The molecule has 0 saturated heterocycles. The summed E-state index contributed by atoms with van der Waals surface area (Å²) in [4.78, 5) is 1.21. The van der Waals surface area contributed by atoms with Gasteiger partial charge in [0.15, 0.2) is 0 Å². The molecule has 0 heterocycles. The van der Waals surface area contributed by atoms with E-state index in [0.29, 0.717) is 0 Å². The molecule has 0 saturated carbocycles. The molecule has 0 spiro atoms. The molecule has 1 aromatic rings. The lowest BCUT2D eigenvalue weighted by Gasteiger charge is -1.94. The average molecular weight is 167 g/mol. The van der Waals surface area contributed by atoms with E-state index in [1.54, 1.807) is 11.8 Å². The van der Waals surface area contributed by atoms with Crippen LogP contribution in [0.1, 0.15) is 5.56 Å². The van der Waals surface area contributed by atoms with Crippen molar-refractivity contribution in [3.63, 3.8) is 0 Å². The van der Waals surface area contributed by atoms with Gasteiger partial charge in [-0.3, -0.25) is 0 Å².